The Kier molecular flexibility index (Phi) is 5.63. The fraction of sp³-hybridized carbons (Fsp3) is 0.500. The number of benzene rings is 1. The van der Waals surface area contributed by atoms with E-state index in [1.54, 1.807) is 44.4 Å². The second-order valence-corrected chi connectivity index (χ2v) is 4.54. The molecule has 0 spiro atoms. The minimum absolute atomic E-state index is 0.00417. The third-order valence-corrected chi connectivity index (χ3v) is 3.05. The molecule has 0 saturated carbocycles. The van der Waals surface area contributed by atoms with Gasteiger partial charge in [-0.25, -0.2) is 0 Å². The van der Waals surface area contributed by atoms with Crippen molar-refractivity contribution in [3.05, 3.63) is 18.2 Å². The Morgan fingerprint density at radius 2 is 2.05 bits per heavy atom. The van der Waals surface area contributed by atoms with Gasteiger partial charge in [-0.05, 0) is 24.6 Å². The SMILES string of the molecule is COc1ccc(OC)c(N(C)C(=O)CC(C)CN)c1. The zero-order valence-electron chi connectivity index (χ0n) is 12.0. The molecule has 19 heavy (non-hydrogen) atoms. The summed E-state index contributed by atoms with van der Waals surface area (Å²) in [7, 11) is 4.89. The molecule has 1 aromatic carbocycles. The summed E-state index contributed by atoms with van der Waals surface area (Å²) in [5, 5.41) is 0. The molecule has 1 aromatic rings. The highest BCUT2D eigenvalue weighted by molar-refractivity contribution is 5.94. The van der Waals surface area contributed by atoms with Gasteiger partial charge >= 0.3 is 0 Å². The van der Waals surface area contributed by atoms with E-state index in [0.29, 0.717) is 30.2 Å². The molecule has 1 atom stereocenters. The van der Waals surface area contributed by atoms with Crippen LogP contribution in [0.25, 0.3) is 0 Å². The van der Waals surface area contributed by atoms with Crippen LogP contribution < -0.4 is 20.1 Å². The van der Waals surface area contributed by atoms with Crippen LogP contribution in [0.4, 0.5) is 5.69 Å². The zero-order valence-corrected chi connectivity index (χ0v) is 12.0. The number of nitrogens with zero attached hydrogens (tertiary/aromatic N) is 1. The Bertz CT molecular complexity index is 435. The summed E-state index contributed by atoms with van der Waals surface area (Å²) in [6.45, 7) is 2.45. The van der Waals surface area contributed by atoms with Gasteiger partial charge in [0, 0.05) is 19.5 Å². The second kappa shape index (κ2) is 6.99. The van der Waals surface area contributed by atoms with Crippen LogP contribution in [-0.4, -0.2) is 33.7 Å². The average molecular weight is 266 g/mol. The molecule has 0 bridgehead atoms. The summed E-state index contributed by atoms with van der Waals surface area (Å²) in [6.07, 6.45) is 0.410. The van der Waals surface area contributed by atoms with Crippen molar-refractivity contribution >= 4 is 11.6 Å². The molecule has 1 rings (SSSR count). The average Bonchev–Trinajstić information content (AvgIpc) is 2.45. The highest BCUT2D eigenvalue weighted by Crippen LogP contribution is 2.32. The summed E-state index contributed by atoms with van der Waals surface area (Å²) in [5.74, 6) is 1.48. The third kappa shape index (κ3) is 3.86. The van der Waals surface area contributed by atoms with E-state index in [4.69, 9.17) is 15.2 Å². The fourth-order valence-corrected chi connectivity index (χ4v) is 1.71. The summed E-state index contributed by atoms with van der Waals surface area (Å²) >= 11 is 0. The Labute approximate surface area is 114 Å². The summed E-state index contributed by atoms with van der Waals surface area (Å²) in [4.78, 5) is 13.7. The minimum atomic E-state index is 0.00417. The maximum absolute atomic E-state index is 12.2. The molecular weight excluding hydrogens is 244 g/mol. The molecule has 0 aliphatic rings. The maximum atomic E-state index is 12.2. The zero-order chi connectivity index (χ0) is 14.4. The van der Waals surface area contributed by atoms with Gasteiger partial charge in [0.05, 0.1) is 19.9 Å². The van der Waals surface area contributed by atoms with Crippen molar-refractivity contribution in [1.82, 2.24) is 0 Å². The van der Waals surface area contributed by atoms with Crippen LogP contribution in [0.15, 0.2) is 18.2 Å². The molecule has 1 amide bonds. The molecule has 0 aromatic heterocycles. The number of rotatable bonds is 6. The number of nitrogens with two attached hydrogens (primary N) is 1. The van der Waals surface area contributed by atoms with Gasteiger partial charge in [0.15, 0.2) is 0 Å². The summed E-state index contributed by atoms with van der Waals surface area (Å²) < 4.78 is 10.4. The first kappa shape index (κ1) is 15.3. The molecule has 1 unspecified atom stereocenters. The molecule has 106 valence electrons. The first-order valence-corrected chi connectivity index (χ1v) is 6.22. The Hall–Kier alpha value is -1.75. The number of hydrogen-bond donors (Lipinski definition) is 1. The molecule has 2 N–H and O–H groups in total. The van der Waals surface area contributed by atoms with Crippen molar-refractivity contribution in [2.24, 2.45) is 11.7 Å². The first-order valence-electron chi connectivity index (χ1n) is 6.22. The van der Waals surface area contributed by atoms with Gasteiger partial charge in [-0.15, -0.1) is 0 Å². The van der Waals surface area contributed by atoms with Gasteiger partial charge in [0.1, 0.15) is 11.5 Å². The van der Waals surface area contributed by atoms with Gasteiger partial charge in [0.25, 0.3) is 0 Å². The molecule has 5 nitrogen and oxygen atoms in total. The van der Waals surface area contributed by atoms with Crippen LogP contribution >= 0.6 is 0 Å². The van der Waals surface area contributed by atoms with E-state index in [1.807, 2.05) is 6.92 Å². The number of amides is 1. The van der Waals surface area contributed by atoms with Crippen molar-refractivity contribution in [1.29, 1.82) is 0 Å². The van der Waals surface area contributed by atoms with Crippen molar-refractivity contribution in [2.45, 2.75) is 13.3 Å². The lowest BCUT2D eigenvalue weighted by atomic mass is 10.1. The molecule has 5 heteroatoms. The van der Waals surface area contributed by atoms with Gasteiger partial charge in [-0.1, -0.05) is 6.92 Å². The fourth-order valence-electron chi connectivity index (χ4n) is 1.71. The standard InChI is InChI=1S/C14H22N2O3/c1-10(9-15)7-14(17)16(2)12-8-11(18-3)5-6-13(12)19-4/h5-6,8,10H,7,9,15H2,1-4H3. The lowest BCUT2D eigenvalue weighted by Crippen LogP contribution is -2.29. The monoisotopic (exact) mass is 266 g/mol. The molecule has 0 aliphatic heterocycles. The number of carbonyl (C=O) groups is 1. The Balaban J connectivity index is 2.96. The number of hydrogen-bond acceptors (Lipinski definition) is 4. The van der Waals surface area contributed by atoms with Gasteiger partial charge < -0.3 is 20.1 Å². The van der Waals surface area contributed by atoms with Gasteiger partial charge in [0.2, 0.25) is 5.91 Å². The second-order valence-electron chi connectivity index (χ2n) is 4.54. The topological polar surface area (TPSA) is 64.8 Å². The Morgan fingerprint density at radius 3 is 2.58 bits per heavy atom. The van der Waals surface area contributed by atoms with Crippen LogP contribution in [0.1, 0.15) is 13.3 Å². The van der Waals surface area contributed by atoms with E-state index in [2.05, 4.69) is 0 Å². The molecule has 0 fully saturated rings. The maximum Gasteiger partial charge on any atom is 0.227 e. The quantitative estimate of drug-likeness (QED) is 0.850. The van der Waals surface area contributed by atoms with E-state index in [0.717, 1.165) is 0 Å². The van der Waals surface area contributed by atoms with E-state index in [-0.39, 0.29) is 11.8 Å². The van der Waals surface area contributed by atoms with E-state index >= 15 is 0 Å². The predicted molar refractivity (Wildman–Crippen MR) is 75.8 cm³/mol. The normalized spacial score (nSPS) is 11.8. The molecule has 0 heterocycles. The van der Waals surface area contributed by atoms with Gasteiger partial charge in [-0.3, -0.25) is 4.79 Å². The number of anilines is 1. The number of methoxy groups -OCH3 is 2. The minimum Gasteiger partial charge on any atom is -0.497 e. The van der Waals surface area contributed by atoms with E-state index in [1.165, 1.54) is 0 Å². The predicted octanol–water partition coefficient (Wildman–Crippen LogP) is 1.65. The molecular formula is C14H22N2O3. The van der Waals surface area contributed by atoms with Crippen molar-refractivity contribution in [2.75, 3.05) is 32.7 Å². The number of ether oxygens (including phenoxy) is 2. The molecule has 0 aliphatic carbocycles. The highest BCUT2D eigenvalue weighted by Gasteiger charge is 2.18. The molecule has 0 saturated heterocycles. The van der Waals surface area contributed by atoms with Crippen LogP contribution in [0.2, 0.25) is 0 Å². The highest BCUT2D eigenvalue weighted by atomic mass is 16.5. The third-order valence-electron chi connectivity index (χ3n) is 3.05. The van der Waals surface area contributed by atoms with Crippen LogP contribution in [0.3, 0.4) is 0 Å². The summed E-state index contributed by atoms with van der Waals surface area (Å²) in [5.41, 5.74) is 6.24. The smallest absolute Gasteiger partial charge is 0.227 e. The van der Waals surface area contributed by atoms with Crippen LogP contribution in [-0.2, 0) is 4.79 Å². The molecule has 0 radical (unpaired) electrons. The van der Waals surface area contributed by atoms with Crippen molar-refractivity contribution in [3.63, 3.8) is 0 Å². The lowest BCUT2D eigenvalue weighted by Gasteiger charge is -2.22. The van der Waals surface area contributed by atoms with E-state index < -0.39 is 0 Å². The first-order chi connectivity index (χ1) is 9.03. The summed E-state index contributed by atoms with van der Waals surface area (Å²) in [6, 6.07) is 5.36. The van der Waals surface area contributed by atoms with Gasteiger partial charge in [-0.2, -0.15) is 0 Å². The van der Waals surface area contributed by atoms with Crippen LogP contribution in [0, 0.1) is 5.92 Å². The number of carbonyl (C=O) groups excluding carboxylic acids is 1. The Morgan fingerprint density at radius 1 is 1.37 bits per heavy atom. The van der Waals surface area contributed by atoms with Crippen molar-refractivity contribution in [3.8, 4) is 11.5 Å². The van der Waals surface area contributed by atoms with E-state index in [9.17, 15) is 4.79 Å². The van der Waals surface area contributed by atoms with Crippen molar-refractivity contribution < 1.29 is 14.3 Å². The largest absolute Gasteiger partial charge is 0.497 e. The van der Waals surface area contributed by atoms with Crippen LogP contribution in [0.5, 0.6) is 11.5 Å². The lowest BCUT2D eigenvalue weighted by molar-refractivity contribution is -0.119.